The summed E-state index contributed by atoms with van der Waals surface area (Å²) >= 11 is 0. The Balaban J connectivity index is 2.08. The van der Waals surface area contributed by atoms with Crippen molar-refractivity contribution in [1.29, 1.82) is 0 Å². The molecule has 2 aliphatic rings. The lowest BCUT2D eigenvalue weighted by Crippen LogP contribution is -2.59. The molecule has 0 aromatic heterocycles. The van der Waals surface area contributed by atoms with Crippen LogP contribution >= 0.6 is 0 Å². The van der Waals surface area contributed by atoms with Gasteiger partial charge < -0.3 is 44.8 Å². The van der Waals surface area contributed by atoms with Gasteiger partial charge >= 0.3 is 0 Å². The lowest BCUT2D eigenvalue weighted by molar-refractivity contribution is -0.330. The maximum Gasteiger partial charge on any atom is 0.186 e. The largest absolute Gasteiger partial charge is 0.390 e. The summed E-state index contributed by atoms with van der Waals surface area (Å²) < 4.78 is 15.6. The highest BCUT2D eigenvalue weighted by Crippen LogP contribution is 2.27. The Morgan fingerprint density at radius 1 is 0.818 bits per heavy atom. The molecular formula is C13H24O9. The second-order valence-electron chi connectivity index (χ2n) is 5.96. The van der Waals surface area contributed by atoms with Crippen molar-refractivity contribution >= 4 is 0 Å². The molecule has 9 nitrogen and oxygen atoms in total. The van der Waals surface area contributed by atoms with E-state index in [4.69, 9.17) is 14.2 Å². The van der Waals surface area contributed by atoms with Crippen molar-refractivity contribution in [3.8, 4) is 0 Å². The van der Waals surface area contributed by atoms with Crippen LogP contribution in [0.3, 0.4) is 0 Å². The first-order valence-electron chi connectivity index (χ1n) is 7.25. The van der Waals surface area contributed by atoms with Crippen molar-refractivity contribution in [3.63, 3.8) is 0 Å². The molecule has 0 aromatic rings. The number of ether oxygens (including phenoxy) is 3. The molecule has 0 saturated carbocycles. The predicted octanol–water partition coefficient (Wildman–Crippen LogP) is -3.09. The van der Waals surface area contributed by atoms with Crippen LogP contribution in [-0.4, -0.2) is 92.6 Å². The lowest BCUT2D eigenvalue weighted by atomic mass is 9.98. The summed E-state index contributed by atoms with van der Waals surface area (Å²) in [6.45, 7) is 3.10. The van der Waals surface area contributed by atoms with E-state index < -0.39 is 61.2 Å². The van der Waals surface area contributed by atoms with Crippen LogP contribution in [0.5, 0.6) is 0 Å². The molecule has 2 fully saturated rings. The summed E-state index contributed by atoms with van der Waals surface area (Å²) in [7, 11) is 0. The average molecular weight is 324 g/mol. The molecule has 6 N–H and O–H groups in total. The van der Waals surface area contributed by atoms with E-state index in [2.05, 4.69) is 0 Å². The molecule has 10 atom stereocenters. The first-order valence-corrected chi connectivity index (χ1v) is 7.25. The van der Waals surface area contributed by atoms with Crippen molar-refractivity contribution in [2.75, 3.05) is 6.61 Å². The molecule has 2 saturated heterocycles. The SMILES string of the molecule is CC1COC(OC2C(O)OC(C)C(O)C2O)C(O)C(O)C1O. The summed E-state index contributed by atoms with van der Waals surface area (Å²) in [5.41, 5.74) is 0. The van der Waals surface area contributed by atoms with Gasteiger partial charge in [0, 0.05) is 5.92 Å². The monoisotopic (exact) mass is 324 g/mol. The molecule has 0 aliphatic carbocycles. The highest BCUT2D eigenvalue weighted by molar-refractivity contribution is 4.90. The number of aliphatic hydroxyl groups is 6. The van der Waals surface area contributed by atoms with E-state index in [1.54, 1.807) is 6.92 Å². The molecule has 130 valence electrons. The van der Waals surface area contributed by atoms with Crippen LogP contribution in [0.25, 0.3) is 0 Å². The topological polar surface area (TPSA) is 149 Å². The molecule has 2 rings (SSSR count). The highest BCUT2D eigenvalue weighted by atomic mass is 16.7. The van der Waals surface area contributed by atoms with E-state index in [1.807, 2.05) is 0 Å². The lowest BCUT2D eigenvalue weighted by Gasteiger charge is -2.41. The Morgan fingerprint density at radius 2 is 1.45 bits per heavy atom. The maximum atomic E-state index is 10.0. The van der Waals surface area contributed by atoms with Gasteiger partial charge in [-0.25, -0.2) is 0 Å². The van der Waals surface area contributed by atoms with Crippen LogP contribution in [0.2, 0.25) is 0 Å². The Labute approximate surface area is 127 Å². The standard InChI is InChI=1S/C13H24O9/c1-4-3-20-13(10(18)8(16)6(4)14)22-11-9(17)7(15)5(2)21-12(11)19/h4-19H,3H2,1-2H3. The van der Waals surface area contributed by atoms with E-state index in [0.717, 1.165) is 0 Å². The summed E-state index contributed by atoms with van der Waals surface area (Å²) in [5, 5.41) is 59.2. The second-order valence-corrected chi connectivity index (χ2v) is 5.96. The number of hydrogen-bond acceptors (Lipinski definition) is 9. The summed E-state index contributed by atoms with van der Waals surface area (Å²) in [5.74, 6) is -0.443. The fourth-order valence-electron chi connectivity index (χ4n) is 2.58. The van der Waals surface area contributed by atoms with Crippen molar-refractivity contribution in [2.24, 2.45) is 5.92 Å². The Kier molecular flexibility index (Phi) is 5.75. The van der Waals surface area contributed by atoms with Gasteiger partial charge in [-0.3, -0.25) is 0 Å². The number of rotatable bonds is 2. The number of hydrogen-bond donors (Lipinski definition) is 6. The smallest absolute Gasteiger partial charge is 0.186 e. The van der Waals surface area contributed by atoms with Gasteiger partial charge in [0.15, 0.2) is 12.6 Å². The average Bonchev–Trinajstić information content (AvgIpc) is 2.56. The van der Waals surface area contributed by atoms with Crippen LogP contribution in [0.4, 0.5) is 0 Å². The molecular weight excluding hydrogens is 300 g/mol. The summed E-state index contributed by atoms with van der Waals surface area (Å²) in [6.07, 6.45) is -12.1. The molecule has 10 unspecified atom stereocenters. The molecule has 0 radical (unpaired) electrons. The minimum absolute atomic E-state index is 0.00131. The third-order valence-electron chi connectivity index (χ3n) is 4.18. The first kappa shape index (κ1) is 18.0. The van der Waals surface area contributed by atoms with E-state index in [0.29, 0.717) is 0 Å². The minimum Gasteiger partial charge on any atom is -0.390 e. The Morgan fingerprint density at radius 3 is 2.09 bits per heavy atom. The summed E-state index contributed by atoms with van der Waals surface area (Å²) in [4.78, 5) is 0. The first-order chi connectivity index (χ1) is 10.2. The second kappa shape index (κ2) is 7.04. The van der Waals surface area contributed by atoms with E-state index >= 15 is 0 Å². The Hall–Kier alpha value is -0.360. The van der Waals surface area contributed by atoms with Gasteiger partial charge in [-0.05, 0) is 6.92 Å². The molecule has 2 heterocycles. The predicted molar refractivity (Wildman–Crippen MR) is 70.4 cm³/mol. The van der Waals surface area contributed by atoms with Gasteiger partial charge in [-0.2, -0.15) is 0 Å². The zero-order valence-electron chi connectivity index (χ0n) is 12.4. The molecule has 0 amide bonds. The fraction of sp³-hybridized carbons (Fsp3) is 1.00. The molecule has 9 heteroatoms. The maximum absolute atomic E-state index is 10.0. The van der Waals surface area contributed by atoms with E-state index in [1.165, 1.54) is 6.92 Å². The van der Waals surface area contributed by atoms with Crippen molar-refractivity contribution in [2.45, 2.75) is 69.2 Å². The van der Waals surface area contributed by atoms with Crippen LogP contribution in [0.1, 0.15) is 13.8 Å². The molecule has 2 aliphatic heterocycles. The van der Waals surface area contributed by atoms with Gasteiger partial charge in [-0.15, -0.1) is 0 Å². The van der Waals surface area contributed by atoms with Crippen molar-refractivity contribution in [3.05, 3.63) is 0 Å². The normalized spacial score (nSPS) is 54.0. The fourth-order valence-corrected chi connectivity index (χ4v) is 2.58. The molecule has 22 heavy (non-hydrogen) atoms. The zero-order valence-corrected chi connectivity index (χ0v) is 12.4. The van der Waals surface area contributed by atoms with Gasteiger partial charge in [0.25, 0.3) is 0 Å². The molecule has 0 bridgehead atoms. The Bertz CT molecular complexity index is 367. The third-order valence-corrected chi connectivity index (χ3v) is 4.18. The quantitative estimate of drug-likeness (QED) is 0.310. The van der Waals surface area contributed by atoms with Crippen LogP contribution in [0.15, 0.2) is 0 Å². The van der Waals surface area contributed by atoms with Gasteiger partial charge in [0.2, 0.25) is 0 Å². The zero-order chi connectivity index (χ0) is 16.6. The van der Waals surface area contributed by atoms with Crippen molar-refractivity contribution in [1.82, 2.24) is 0 Å². The van der Waals surface area contributed by atoms with Crippen LogP contribution in [-0.2, 0) is 14.2 Å². The number of aliphatic hydroxyl groups excluding tert-OH is 6. The molecule has 0 aromatic carbocycles. The van der Waals surface area contributed by atoms with Gasteiger partial charge in [-0.1, -0.05) is 6.92 Å². The van der Waals surface area contributed by atoms with Crippen molar-refractivity contribution < 1.29 is 44.8 Å². The van der Waals surface area contributed by atoms with Crippen LogP contribution < -0.4 is 0 Å². The molecule has 0 spiro atoms. The van der Waals surface area contributed by atoms with Crippen LogP contribution in [0, 0.1) is 5.92 Å². The van der Waals surface area contributed by atoms with Gasteiger partial charge in [0.1, 0.15) is 30.5 Å². The van der Waals surface area contributed by atoms with E-state index in [9.17, 15) is 30.6 Å². The highest BCUT2D eigenvalue weighted by Gasteiger charge is 2.47. The summed E-state index contributed by atoms with van der Waals surface area (Å²) in [6, 6.07) is 0. The van der Waals surface area contributed by atoms with E-state index in [-0.39, 0.29) is 6.61 Å². The third kappa shape index (κ3) is 3.42. The minimum atomic E-state index is -1.59. The van der Waals surface area contributed by atoms with Gasteiger partial charge in [0.05, 0.1) is 18.8 Å².